The molecule has 2 aromatic carbocycles. The molecule has 0 saturated carbocycles. The molecule has 1 fully saturated rings. The highest BCUT2D eigenvalue weighted by molar-refractivity contribution is 9.10. The number of halogens is 2. The molecule has 29 heavy (non-hydrogen) atoms. The van der Waals surface area contributed by atoms with Gasteiger partial charge in [0.05, 0.1) is 10.5 Å². The second kappa shape index (κ2) is 8.77. The van der Waals surface area contributed by atoms with Crippen LogP contribution >= 0.6 is 15.9 Å². The summed E-state index contributed by atoms with van der Waals surface area (Å²) in [6.45, 7) is 5.84. The third-order valence-electron chi connectivity index (χ3n) is 4.71. The second-order valence-electron chi connectivity index (χ2n) is 7.16. The molecule has 154 valence electrons. The highest BCUT2D eigenvalue weighted by atomic mass is 79.9. The number of anilines is 2. The van der Waals surface area contributed by atoms with Gasteiger partial charge in [0.1, 0.15) is 11.5 Å². The van der Waals surface area contributed by atoms with Crippen LogP contribution in [0.1, 0.15) is 24.2 Å². The SMILES string of the molecule is CC(C)Nc1cc(N2CCN(C(=O)c3ccc(Br)cc3F)CC2)ccc1[N+](=O)[O-]. The summed E-state index contributed by atoms with van der Waals surface area (Å²) in [5.41, 5.74) is 1.40. The number of hydrogen-bond acceptors (Lipinski definition) is 5. The van der Waals surface area contributed by atoms with Gasteiger partial charge in [0.2, 0.25) is 0 Å². The summed E-state index contributed by atoms with van der Waals surface area (Å²) in [6.07, 6.45) is 0. The number of carbonyl (C=O) groups excluding carboxylic acids is 1. The van der Waals surface area contributed by atoms with Crippen LogP contribution in [0.3, 0.4) is 0 Å². The average molecular weight is 465 g/mol. The summed E-state index contributed by atoms with van der Waals surface area (Å²) >= 11 is 3.19. The highest BCUT2D eigenvalue weighted by Crippen LogP contribution is 2.31. The van der Waals surface area contributed by atoms with Crippen LogP contribution in [0.2, 0.25) is 0 Å². The standard InChI is InChI=1S/C20H22BrFN4O3/c1-13(2)23-18-12-15(4-6-19(18)26(28)29)24-7-9-25(10-8-24)20(27)16-5-3-14(21)11-17(16)22/h3-6,11-13,23H,7-10H2,1-2H3. The lowest BCUT2D eigenvalue weighted by Gasteiger charge is -2.36. The molecule has 0 bridgehead atoms. The summed E-state index contributed by atoms with van der Waals surface area (Å²) in [5, 5.41) is 14.4. The third kappa shape index (κ3) is 4.84. The van der Waals surface area contributed by atoms with E-state index in [9.17, 15) is 19.3 Å². The molecule has 3 rings (SSSR count). The summed E-state index contributed by atoms with van der Waals surface area (Å²) in [6, 6.07) is 9.44. The van der Waals surface area contributed by atoms with Crippen LogP contribution in [0.25, 0.3) is 0 Å². The van der Waals surface area contributed by atoms with Gasteiger partial charge < -0.3 is 15.1 Å². The number of amides is 1. The average Bonchev–Trinajstić information content (AvgIpc) is 2.67. The lowest BCUT2D eigenvalue weighted by atomic mass is 10.1. The topological polar surface area (TPSA) is 78.7 Å². The highest BCUT2D eigenvalue weighted by Gasteiger charge is 2.25. The predicted octanol–water partition coefficient (Wildman–Crippen LogP) is 4.28. The van der Waals surface area contributed by atoms with Gasteiger partial charge in [-0.05, 0) is 44.2 Å². The molecular formula is C20H22BrFN4O3. The van der Waals surface area contributed by atoms with Gasteiger partial charge in [0.25, 0.3) is 11.6 Å². The molecule has 0 spiro atoms. The second-order valence-corrected chi connectivity index (χ2v) is 8.08. The van der Waals surface area contributed by atoms with Crippen LogP contribution in [0.5, 0.6) is 0 Å². The van der Waals surface area contributed by atoms with Crippen molar-refractivity contribution in [3.63, 3.8) is 0 Å². The quantitative estimate of drug-likeness (QED) is 0.527. The van der Waals surface area contributed by atoms with E-state index < -0.39 is 10.7 Å². The number of rotatable bonds is 5. The zero-order valence-electron chi connectivity index (χ0n) is 16.2. The number of nitro benzene ring substituents is 1. The summed E-state index contributed by atoms with van der Waals surface area (Å²) < 4.78 is 14.7. The molecule has 0 aliphatic carbocycles. The van der Waals surface area contributed by atoms with Crippen LogP contribution in [-0.2, 0) is 0 Å². The molecule has 0 aromatic heterocycles. The normalized spacial score (nSPS) is 14.2. The predicted molar refractivity (Wildman–Crippen MR) is 114 cm³/mol. The summed E-state index contributed by atoms with van der Waals surface area (Å²) in [4.78, 5) is 27.2. The van der Waals surface area contributed by atoms with Crippen molar-refractivity contribution in [2.45, 2.75) is 19.9 Å². The van der Waals surface area contributed by atoms with Crippen molar-refractivity contribution in [1.82, 2.24) is 4.90 Å². The minimum atomic E-state index is -0.549. The monoisotopic (exact) mass is 464 g/mol. The van der Waals surface area contributed by atoms with Crippen LogP contribution in [0.15, 0.2) is 40.9 Å². The Bertz CT molecular complexity index is 930. The summed E-state index contributed by atoms with van der Waals surface area (Å²) in [7, 11) is 0. The molecule has 1 saturated heterocycles. The maximum atomic E-state index is 14.1. The first kappa shape index (κ1) is 21.0. The Morgan fingerprint density at radius 3 is 2.45 bits per heavy atom. The first-order valence-electron chi connectivity index (χ1n) is 9.30. The van der Waals surface area contributed by atoms with Gasteiger partial charge in [-0.15, -0.1) is 0 Å². The van der Waals surface area contributed by atoms with E-state index in [4.69, 9.17) is 0 Å². The Balaban J connectivity index is 1.71. The van der Waals surface area contributed by atoms with Crippen molar-refractivity contribution >= 4 is 38.9 Å². The number of carbonyl (C=O) groups is 1. The summed E-state index contributed by atoms with van der Waals surface area (Å²) in [5.74, 6) is -0.882. The number of benzene rings is 2. The number of nitrogens with zero attached hydrogens (tertiary/aromatic N) is 3. The molecule has 1 aliphatic rings. The van der Waals surface area contributed by atoms with E-state index in [-0.39, 0.29) is 23.2 Å². The van der Waals surface area contributed by atoms with Crippen LogP contribution in [-0.4, -0.2) is 48.0 Å². The van der Waals surface area contributed by atoms with E-state index in [1.165, 1.54) is 18.2 Å². The molecule has 1 aliphatic heterocycles. The van der Waals surface area contributed by atoms with Crippen molar-refractivity contribution in [3.05, 3.63) is 62.4 Å². The Morgan fingerprint density at radius 2 is 1.86 bits per heavy atom. The van der Waals surface area contributed by atoms with E-state index in [0.29, 0.717) is 36.3 Å². The van der Waals surface area contributed by atoms with Gasteiger partial charge in [0, 0.05) is 48.4 Å². The largest absolute Gasteiger partial charge is 0.377 e. The molecular weight excluding hydrogens is 443 g/mol. The zero-order valence-corrected chi connectivity index (χ0v) is 17.8. The van der Waals surface area contributed by atoms with Gasteiger partial charge in [-0.3, -0.25) is 14.9 Å². The molecule has 1 heterocycles. The smallest absolute Gasteiger partial charge is 0.292 e. The van der Waals surface area contributed by atoms with Crippen LogP contribution < -0.4 is 10.2 Å². The molecule has 2 aromatic rings. The zero-order chi connectivity index (χ0) is 21.1. The molecule has 0 unspecified atom stereocenters. The van der Waals surface area contributed by atoms with E-state index >= 15 is 0 Å². The lowest BCUT2D eigenvalue weighted by molar-refractivity contribution is -0.384. The fraction of sp³-hybridized carbons (Fsp3) is 0.350. The molecule has 1 amide bonds. The molecule has 1 N–H and O–H groups in total. The fourth-order valence-electron chi connectivity index (χ4n) is 3.31. The molecule has 9 heteroatoms. The third-order valence-corrected chi connectivity index (χ3v) is 5.21. The van der Waals surface area contributed by atoms with Crippen molar-refractivity contribution in [3.8, 4) is 0 Å². The Hall–Kier alpha value is -2.68. The Kier molecular flexibility index (Phi) is 6.36. The van der Waals surface area contributed by atoms with Gasteiger partial charge in [-0.25, -0.2) is 4.39 Å². The van der Waals surface area contributed by atoms with Crippen molar-refractivity contribution in [2.24, 2.45) is 0 Å². The first-order valence-corrected chi connectivity index (χ1v) is 10.1. The number of piperazine rings is 1. The Morgan fingerprint density at radius 1 is 1.17 bits per heavy atom. The van der Waals surface area contributed by atoms with Crippen molar-refractivity contribution in [1.29, 1.82) is 0 Å². The van der Waals surface area contributed by atoms with E-state index in [0.717, 1.165) is 5.69 Å². The first-order chi connectivity index (χ1) is 13.8. The number of nitro groups is 1. The van der Waals surface area contributed by atoms with Gasteiger partial charge >= 0.3 is 0 Å². The van der Waals surface area contributed by atoms with E-state index in [1.54, 1.807) is 23.1 Å². The fourth-order valence-corrected chi connectivity index (χ4v) is 3.64. The number of nitrogens with one attached hydrogen (secondary N) is 1. The minimum absolute atomic E-state index is 0.0296. The van der Waals surface area contributed by atoms with E-state index in [2.05, 4.69) is 26.1 Å². The van der Waals surface area contributed by atoms with Gasteiger partial charge in [-0.2, -0.15) is 0 Å². The van der Waals surface area contributed by atoms with Crippen molar-refractivity contribution in [2.75, 3.05) is 36.4 Å². The van der Waals surface area contributed by atoms with Crippen LogP contribution in [0, 0.1) is 15.9 Å². The maximum absolute atomic E-state index is 14.1. The van der Waals surface area contributed by atoms with Gasteiger partial charge in [-0.1, -0.05) is 15.9 Å². The number of hydrogen-bond donors (Lipinski definition) is 1. The lowest BCUT2D eigenvalue weighted by Crippen LogP contribution is -2.49. The van der Waals surface area contributed by atoms with Crippen LogP contribution in [0.4, 0.5) is 21.5 Å². The molecule has 0 atom stereocenters. The Labute approximate surface area is 176 Å². The maximum Gasteiger partial charge on any atom is 0.292 e. The van der Waals surface area contributed by atoms with Gasteiger partial charge in [0.15, 0.2) is 0 Å². The minimum Gasteiger partial charge on any atom is -0.377 e. The molecule has 7 nitrogen and oxygen atoms in total. The molecule has 0 radical (unpaired) electrons. The van der Waals surface area contributed by atoms with Crippen molar-refractivity contribution < 1.29 is 14.1 Å². The van der Waals surface area contributed by atoms with E-state index in [1.807, 2.05) is 13.8 Å².